The molecule has 3 nitrogen and oxygen atoms in total. The minimum absolute atomic E-state index is 0.302. The first-order valence-electron chi connectivity index (χ1n) is 6.19. The average Bonchev–Trinajstić information content (AvgIpc) is 2.38. The van der Waals surface area contributed by atoms with Gasteiger partial charge < -0.3 is 10.6 Å². The Labute approximate surface area is 101 Å². The maximum Gasteiger partial charge on any atom is 0.0722 e. The number of nitrogens with two attached hydrogens (primary N) is 1. The number of piperidine rings is 1. The lowest BCUT2D eigenvalue weighted by atomic mass is 10.0. The molecule has 1 saturated heterocycles. The summed E-state index contributed by atoms with van der Waals surface area (Å²) in [6.45, 7) is 2.05. The second-order valence-corrected chi connectivity index (χ2v) is 4.70. The Morgan fingerprint density at radius 1 is 1.24 bits per heavy atom. The van der Waals surface area contributed by atoms with Crippen molar-refractivity contribution in [1.82, 2.24) is 4.98 Å². The van der Waals surface area contributed by atoms with Gasteiger partial charge in [0.2, 0.25) is 0 Å². The smallest absolute Gasteiger partial charge is 0.0722 e. The van der Waals surface area contributed by atoms with E-state index >= 15 is 0 Å². The van der Waals surface area contributed by atoms with E-state index in [1.807, 2.05) is 12.3 Å². The molecule has 1 fully saturated rings. The summed E-state index contributed by atoms with van der Waals surface area (Å²) >= 11 is 0. The molecule has 3 heteroatoms. The summed E-state index contributed by atoms with van der Waals surface area (Å²) in [6, 6.07) is 10.7. The van der Waals surface area contributed by atoms with Gasteiger partial charge in [0.1, 0.15) is 0 Å². The van der Waals surface area contributed by atoms with Crippen molar-refractivity contribution in [3.8, 4) is 0 Å². The molecule has 17 heavy (non-hydrogen) atoms. The van der Waals surface area contributed by atoms with Crippen LogP contribution in [0.25, 0.3) is 10.9 Å². The third kappa shape index (κ3) is 1.98. The van der Waals surface area contributed by atoms with Crippen LogP contribution in [-0.2, 0) is 0 Å². The fourth-order valence-corrected chi connectivity index (χ4v) is 2.59. The summed E-state index contributed by atoms with van der Waals surface area (Å²) in [4.78, 5) is 6.78. The third-order valence-corrected chi connectivity index (χ3v) is 3.42. The summed E-state index contributed by atoms with van der Waals surface area (Å²) in [5.41, 5.74) is 8.38. The van der Waals surface area contributed by atoms with Crippen LogP contribution in [-0.4, -0.2) is 24.1 Å². The third-order valence-electron chi connectivity index (χ3n) is 3.42. The van der Waals surface area contributed by atoms with E-state index in [2.05, 4.69) is 34.1 Å². The highest BCUT2D eigenvalue weighted by Crippen LogP contribution is 2.27. The Bertz CT molecular complexity index is 518. The summed E-state index contributed by atoms with van der Waals surface area (Å²) < 4.78 is 0. The van der Waals surface area contributed by atoms with Crippen molar-refractivity contribution < 1.29 is 0 Å². The Morgan fingerprint density at radius 2 is 2.12 bits per heavy atom. The van der Waals surface area contributed by atoms with E-state index in [-0.39, 0.29) is 0 Å². The highest BCUT2D eigenvalue weighted by molar-refractivity contribution is 5.91. The molecule has 0 bridgehead atoms. The van der Waals surface area contributed by atoms with Crippen LogP contribution in [0.3, 0.4) is 0 Å². The van der Waals surface area contributed by atoms with Crippen LogP contribution in [0.1, 0.15) is 12.8 Å². The Morgan fingerprint density at radius 3 is 3.00 bits per heavy atom. The molecule has 88 valence electrons. The van der Waals surface area contributed by atoms with E-state index in [1.165, 1.54) is 17.5 Å². The second kappa shape index (κ2) is 4.34. The standard InChI is InChI=1S/C14H17N3/c15-11-4-3-9-17(10-11)14-7-8-16-13-6-2-1-5-12(13)14/h1-2,5-8,11H,3-4,9-10,15H2/t11-/m0/s1. The number of rotatable bonds is 1. The summed E-state index contributed by atoms with van der Waals surface area (Å²) in [5, 5.41) is 1.23. The molecule has 3 rings (SSSR count). The highest BCUT2D eigenvalue weighted by Gasteiger charge is 2.18. The fraction of sp³-hybridized carbons (Fsp3) is 0.357. The zero-order valence-electron chi connectivity index (χ0n) is 9.84. The van der Waals surface area contributed by atoms with Crippen LogP contribution in [0.2, 0.25) is 0 Å². The van der Waals surface area contributed by atoms with Gasteiger partial charge >= 0.3 is 0 Å². The van der Waals surface area contributed by atoms with Gasteiger partial charge in [0.15, 0.2) is 0 Å². The van der Waals surface area contributed by atoms with E-state index in [0.717, 1.165) is 25.0 Å². The SMILES string of the molecule is N[C@H]1CCCN(c2ccnc3ccccc23)C1. The van der Waals surface area contributed by atoms with Gasteiger partial charge in [-0.25, -0.2) is 0 Å². The van der Waals surface area contributed by atoms with Gasteiger partial charge in [0.05, 0.1) is 5.52 Å². The van der Waals surface area contributed by atoms with Crippen LogP contribution in [0.5, 0.6) is 0 Å². The summed E-state index contributed by atoms with van der Waals surface area (Å²) in [5.74, 6) is 0. The van der Waals surface area contributed by atoms with Crippen LogP contribution in [0.4, 0.5) is 5.69 Å². The van der Waals surface area contributed by atoms with Gasteiger partial charge in [0, 0.05) is 36.4 Å². The lowest BCUT2D eigenvalue weighted by Crippen LogP contribution is -2.42. The molecule has 1 aliphatic rings. The average molecular weight is 227 g/mol. The maximum atomic E-state index is 6.05. The van der Waals surface area contributed by atoms with Gasteiger partial charge in [-0.2, -0.15) is 0 Å². The first-order valence-corrected chi connectivity index (χ1v) is 6.19. The Kier molecular flexibility index (Phi) is 2.69. The number of nitrogens with zero attached hydrogens (tertiary/aromatic N) is 2. The molecule has 1 aromatic carbocycles. The first-order chi connectivity index (χ1) is 8.34. The molecule has 0 aliphatic carbocycles. The van der Waals surface area contributed by atoms with Crippen molar-refractivity contribution >= 4 is 16.6 Å². The predicted molar refractivity (Wildman–Crippen MR) is 71.2 cm³/mol. The monoisotopic (exact) mass is 227 g/mol. The predicted octanol–water partition coefficient (Wildman–Crippen LogP) is 2.16. The normalized spacial score (nSPS) is 20.8. The molecule has 0 unspecified atom stereocenters. The van der Waals surface area contributed by atoms with Crippen LogP contribution >= 0.6 is 0 Å². The van der Waals surface area contributed by atoms with Gasteiger partial charge in [-0.15, -0.1) is 0 Å². The Hall–Kier alpha value is -1.61. The molecule has 0 amide bonds. The van der Waals surface area contributed by atoms with Crippen molar-refractivity contribution in [2.24, 2.45) is 5.73 Å². The molecule has 1 aliphatic heterocycles. The fourth-order valence-electron chi connectivity index (χ4n) is 2.59. The van der Waals surface area contributed by atoms with Gasteiger partial charge in [-0.05, 0) is 25.0 Å². The number of pyridine rings is 1. The van der Waals surface area contributed by atoms with E-state index < -0.39 is 0 Å². The molecular weight excluding hydrogens is 210 g/mol. The quantitative estimate of drug-likeness (QED) is 0.811. The molecule has 0 radical (unpaired) electrons. The van der Waals surface area contributed by atoms with Crippen LogP contribution in [0, 0.1) is 0 Å². The minimum Gasteiger partial charge on any atom is -0.369 e. The van der Waals surface area contributed by atoms with Gasteiger partial charge in [-0.1, -0.05) is 18.2 Å². The Balaban J connectivity index is 2.04. The van der Waals surface area contributed by atoms with E-state index in [1.54, 1.807) is 0 Å². The van der Waals surface area contributed by atoms with Crippen molar-refractivity contribution in [1.29, 1.82) is 0 Å². The topological polar surface area (TPSA) is 42.1 Å². The van der Waals surface area contributed by atoms with Crippen LogP contribution in [0.15, 0.2) is 36.5 Å². The van der Waals surface area contributed by atoms with E-state index in [9.17, 15) is 0 Å². The molecule has 2 N–H and O–H groups in total. The highest BCUT2D eigenvalue weighted by atomic mass is 15.2. The van der Waals surface area contributed by atoms with Crippen molar-refractivity contribution in [2.75, 3.05) is 18.0 Å². The number of para-hydroxylation sites is 1. The molecular formula is C14H17N3. The molecule has 0 saturated carbocycles. The van der Waals surface area contributed by atoms with Crippen molar-refractivity contribution in [2.45, 2.75) is 18.9 Å². The number of fused-ring (bicyclic) bond motifs is 1. The molecule has 0 spiro atoms. The summed E-state index contributed by atoms with van der Waals surface area (Å²) in [6.07, 6.45) is 4.20. The number of aromatic nitrogens is 1. The van der Waals surface area contributed by atoms with Crippen molar-refractivity contribution in [3.05, 3.63) is 36.5 Å². The largest absolute Gasteiger partial charge is 0.369 e. The van der Waals surface area contributed by atoms with Crippen LogP contribution < -0.4 is 10.6 Å². The minimum atomic E-state index is 0.302. The lowest BCUT2D eigenvalue weighted by Gasteiger charge is -2.33. The summed E-state index contributed by atoms with van der Waals surface area (Å²) in [7, 11) is 0. The first kappa shape index (κ1) is 10.5. The van der Waals surface area contributed by atoms with E-state index in [0.29, 0.717) is 6.04 Å². The van der Waals surface area contributed by atoms with E-state index in [4.69, 9.17) is 5.73 Å². The number of benzene rings is 1. The zero-order chi connectivity index (χ0) is 11.7. The number of anilines is 1. The lowest BCUT2D eigenvalue weighted by molar-refractivity contribution is 0.507. The molecule has 1 atom stereocenters. The molecule has 1 aromatic heterocycles. The van der Waals surface area contributed by atoms with Gasteiger partial charge in [-0.3, -0.25) is 4.98 Å². The zero-order valence-corrected chi connectivity index (χ0v) is 9.84. The number of hydrogen-bond acceptors (Lipinski definition) is 3. The molecule has 2 aromatic rings. The molecule has 2 heterocycles. The number of hydrogen-bond donors (Lipinski definition) is 1. The van der Waals surface area contributed by atoms with Crippen molar-refractivity contribution in [3.63, 3.8) is 0 Å². The maximum absolute atomic E-state index is 6.05. The second-order valence-electron chi connectivity index (χ2n) is 4.70. The van der Waals surface area contributed by atoms with Gasteiger partial charge in [0.25, 0.3) is 0 Å².